The highest BCUT2D eigenvalue weighted by Gasteiger charge is 2.18. The van der Waals surface area contributed by atoms with Gasteiger partial charge in [-0.3, -0.25) is 4.79 Å². The van der Waals surface area contributed by atoms with Crippen LogP contribution in [-0.2, 0) is 17.1 Å². The van der Waals surface area contributed by atoms with Gasteiger partial charge in [-0.05, 0) is 6.07 Å². The highest BCUT2D eigenvalue weighted by molar-refractivity contribution is 6.17. The Labute approximate surface area is 93.9 Å². The van der Waals surface area contributed by atoms with Crippen LogP contribution in [0.25, 0.3) is 0 Å². The topological polar surface area (TPSA) is 50.2 Å². The summed E-state index contributed by atoms with van der Waals surface area (Å²) in [6.07, 6.45) is -3.65. The van der Waals surface area contributed by atoms with Crippen LogP contribution in [0.4, 0.5) is 13.2 Å². The van der Waals surface area contributed by atoms with Gasteiger partial charge < -0.3 is 5.11 Å². The molecule has 0 unspecified atom stereocenters. The monoisotopic (exact) mass is 253 g/mol. The van der Waals surface area contributed by atoms with Crippen LogP contribution in [0.3, 0.4) is 0 Å². The van der Waals surface area contributed by atoms with E-state index in [1.54, 1.807) is 0 Å². The number of halogens is 4. The largest absolute Gasteiger partial charge is 0.481 e. The lowest BCUT2D eigenvalue weighted by molar-refractivity contribution is -0.136. The minimum absolute atomic E-state index is 0.178. The van der Waals surface area contributed by atoms with Crippen molar-refractivity contribution < 1.29 is 23.1 Å². The molecule has 0 fully saturated rings. The molecule has 1 rings (SSSR count). The molecule has 1 heterocycles. The first kappa shape index (κ1) is 12.8. The number of rotatable bonds is 4. The van der Waals surface area contributed by atoms with Crippen LogP contribution in [-0.4, -0.2) is 16.1 Å². The number of pyridine rings is 1. The van der Waals surface area contributed by atoms with Crippen molar-refractivity contribution in [3.05, 3.63) is 28.8 Å². The molecule has 16 heavy (non-hydrogen) atoms. The minimum atomic E-state index is -2.89. The standard InChI is InChI=1S/C9H7ClF3NO2/c10-3-4-1-6(9(12)13)14-5(8(4)11)2-7(15)16/h1,9H,2-3H2,(H,15,16). The number of carboxylic acids is 1. The van der Waals surface area contributed by atoms with Gasteiger partial charge in [0.25, 0.3) is 6.43 Å². The fourth-order valence-electron chi connectivity index (χ4n) is 1.13. The average molecular weight is 254 g/mol. The van der Waals surface area contributed by atoms with Crippen LogP contribution in [0.5, 0.6) is 0 Å². The van der Waals surface area contributed by atoms with Crippen molar-refractivity contribution in [1.29, 1.82) is 0 Å². The van der Waals surface area contributed by atoms with E-state index in [1.807, 2.05) is 0 Å². The van der Waals surface area contributed by atoms with E-state index < -0.39 is 36.0 Å². The third-order valence-electron chi connectivity index (χ3n) is 1.81. The highest BCUT2D eigenvalue weighted by Crippen LogP contribution is 2.22. The number of nitrogens with zero attached hydrogens (tertiary/aromatic N) is 1. The van der Waals surface area contributed by atoms with Gasteiger partial charge in [-0.1, -0.05) is 0 Å². The molecule has 3 nitrogen and oxygen atoms in total. The van der Waals surface area contributed by atoms with E-state index in [2.05, 4.69) is 4.98 Å². The van der Waals surface area contributed by atoms with Gasteiger partial charge in [-0.2, -0.15) is 0 Å². The predicted octanol–water partition coefficient (Wildman–Crippen LogP) is 2.52. The van der Waals surface area contributed by atoms with Crippen LogP contribution in [0.1, 0.15) is 23.4 Å². The predicted molar refractivity (Wildman–Crippen MR) is 50.0 cm³/mol. The number of alkyl halides is 3. The lowest BCUT2D eigenvalue weighted by Crippen LogP contribution is -2.09. The lowest BCUT2D eigenvalue weighted by Gasteiger charge is -2.07. The summed E-state index contributed by atoms with van der Waals surface area (Å²) in [4.78, 5) is 13.6. The Bertz CT molecular complexity index is 412. The Balaban J connectivity index is 3.24. The van der Waals surface area contributed by atoms with Crippen LogP contribution in [0.2, 0.25) is 0 Å². The van der Waals surface area contributed by atoms with E-state index in [-0.39, 0.29) is 11.4 Å². The fourth-order valence-corrected chi connectivity index (χ4v) is 1.33. The molecule has 0 bridgehead atoms. The van der Waals surface area contributed by atoms with E-state index in [9.17, 15) is 18.0 Å². The van der Waals surface area contributed by atoms with E-state index in [1.165, 1.54) is 0 Å². The van der Waals surface area contributed by atoms with Gasteiger partial charge in [0.2, 0.25) is 0 Å². The van der Waals surface area contributed by atoms with Crippen LogP contribution < -0.4 is 0 Å². The first-order chi connectivity index (χ1) is 7.45. The zero-order valence-electron chi connectivity index (χ0n) is 7.88. The van der Waals surface area contributed by atoms with Gasteiger partial charge in [0.1, 0.15) is 11.5 Å². The Morgan fingerprint density at radius 3 is 2.62 bits per heavy atom. The summed E-state index contributed by atoms with van der Waals surface area (Å²) in [5.74, 6) is -2.61. The second-order valence-electron chi connectivity index (χ2n) is 2.97. The van der Waals surface area contributed by atoms with Crippen molar-refractivity contribution in [2.45, 2.75) is 18.7 Å². The molecule has 0 atom stereocenters. The maximum atomic E-state index is 13.4. The molecule has 88 valence electrons. The first-order valence-electron chi connectivity index (χ1n) is 4.19. The van der Waals surface area contributed by atoms with Crippen molar-refractivity contribution in [3.8, 4) is 0 Å². The number of aromatic nitrogens is 1. The average Bonchev–Trinajstić information content (AvgIpc) is 2.20. The molecule has 0 saturated carbocycles. The Morgan fingerprint density at radius 2 is 2.19 bits per heavy atom. The maximum Gasteiger partial charge on any atom is 0.309 e. The molecule has 0 saturated heterocycles. The molecule has 1 aromatic rings. The maximum absolute atomic E-state index is 13.4. The third kappa shape index (κ3) is 2.85. The summed E-state index contributed by atoms with van der Waals surface area (Å²) in [7, 11) is 0. The summed E-state index contributed by atoms with van der Waals surface area (Å²) >= 11 is 5.36. The first-order valence-corrected chi connectivity index (χ1v) is 4.73. The zero-order valence-corrected chi connectivity index (χ0v) is 8.64. The van der Waals surface area contributed by atoms with E-state index in [0.717, 1.165) is 6.07 Å². The molecule has 7 heteroatoms. The molecular weight excluding hydrogens is 247 g/mol. The Morgan fingerprint density at radius 1 is 1.56 bits per heavy atom. The third-order valence-corrected chi connectivity index (χ3v) is 2.10. The molecule has 0 aliphatic heterocycles. The van der Waals surface area contributed by atoms with Gasteiger partial charge in [0.05, 0.1) is 18.0 Å². The Hall–Kier alpha value is -1.30. The summed E-state index contributed by atoms with van der Waals surface area (Å²) < 4.78 is 38.1. The molecular formula is C9H7ClF3NO2. The van der Waals surface area contributed by atoms with E-state index in [0.29, 0.717) is 0 Å². The normalized spacial score (nSPS) is 10.8. The molecule has 0 aliphatic carbocycles. The number of aliphatic carboxylic acids is 1. The summed E-state index contributed by atoms with van der Waals surface area (Å²) in [5, 5.41) is 8.46. The molecule has 0 spiro atoms. The number of carbonyl (C=O) groups is 1. The SMILES string of the molecule is O=C(O)Cc1nc(C(F)F)cc(CCl)c1F. The second-order valence-corrected chi connectivity index (χ2v) is 3.24. The van der Waals surface area contributed by atoms with Crippen molar-refractivity contribution >= 4 is 17.6 Å². The fraction of sp³-hybridized carbons (Fsp3) is 0.333. The van der Waals surface area contributed by atoms with Crippen LogP contribution in [0, 0.1) is 5.82 Å². The Kier molecular flexibility index (Phi) is 4.12. The highest BCUT2D eigenvalue weighted by atomic mass is 35.5. The van der Waals surface area contributed by atoms with Crippen molar-refractivity contribution in [2.75, 3.05) is 0 Å². The van der Waals surface area contributed by atoms with Gasteiger partial charge in [-0.15, -0.1) is 11.6 Å². The van der Waals surface area contributed by atoms with Crippen molar-refractivity contribution in [1.82, 2.24) is 4.98 Å². The summed E-state index contributed by atoms with van der Waals surface area (Å²) in [6, 6.07) is 0.832. The smallest absolute Gasteiger partial charge is 0.309 e. The van der Waals surface area contributed by atoms with Gasteiger partial charge >= 0.3 is 5.97 Å². The quantitative estimate of drug-likeness (QED) is 0.839. The summed E-state index contributed by atoms with van der Waals surface area (Å²) in [5.41, 5.74) is -1.38. The van der Waals surface area contributed by atoms with Gasteiger partial charge in [0, 0.05) is 5.56 Å². The molecule has 1 N–H and O–H groups in total. The van der Waals surface area contributed by atoms with E-state index in [4.69, 9.17) is 16.7 Å². The van der Waals surface area contributed by atoms with Crippen molar-refractivity contribution in [2.24, 2.45) is 0 Å². The number of hydrogen-bond acceptors (Lipinski definition) is 2. The van der Waals surface area contributed by atoms with E-state index >= 15 is 0 Å². The lowest BCUT2D eigenvalue weighted by atomic mass is 10.1. The summed E-state index contributed by atoms with van der Waals surface area (Å²) in [6.45, 7) is 0. The second kappa shape index (κ2) is 5.16. The van der Waals surface area contributed by atoms with Crippen LogP contribution >= 0.6 is 11.6 Å². The van der Waals surface area contributed by atoms with Gasteiger partial charge in [0.15, 0.2) is 0 Å². The zero-order chi connectivity index (χ0) is 12.3. The molecule has 1 aromatic heterocycles. The number of hydrogen-bond donors (Lipinski definition) is 1. The molecule has 0 amide bonds. The molecule has 0 aliphatic rings. The van der Waals surface area contributed by atoms with Crippen LogP contribution in [0.15, 0.2) is 6.07 Å². The number of carboxylic acid groups (broad SMARTS) is 1. The minimum Gasteiger partial charge on any atom is -0.481 e. The molecule has 0 aromatic carbocycles. The van der Waals surface area contributed by atoms with Crippen molar-refractivity contribution in [3.63, 3.8) is 0 Å². The molecule has 0 radical (unpaired) electrons. The van der Waals surface area contributed by atoms with Gasteiger partial charge in [-0.25, -0.2) is 18.2 Å².